The lowest BCUT2D eigenvalue weighted by atomic mass is 10.00. The van der Waals surface area contributed by atoms with Gasteiger partial charge in [-0.05, 0) is 68.2 Å². The molecule has 0 bridgehead atoms. The zero-order chi connectivity index (χ0) is 22.0. The molecule has 6 heteroatoms. The average Bonchev–Trinajstić information content (AvgIpc) is 3.48. The first-order valence-corrected chi connectivity index (χ1v) is 12.2. The highest BCUT2D eigenvalue weighted by Gasteiger charge is 2.37. The molecular weight excluding hydrogens is 408 g/mol. The van der Waals surface area contributed by atoms with Crippen molar-refractivity contribution in [2.45, 2.75) is 52.5 Å². The van der Waals surface area contributed by atoms with E-state index in [2.05, 4.69) is 31.4 Å². The number of nitrogens with zero attached hydrogens (tertiary/aromatic N) is 2. The zero-order valence-electron chi connectivity index (χ0n) is 18.7. The van der Waals surface area contributed by atoms with E-state index in [9.17, 15) is 9.59 Å². The fourth-order valence-electron chi connectivity index (χ4n) is 4.38. The maximum absolute atomic E-state index is 13.4. The van der Waals surface area contributed by atoms with E-state index >= 15 is 0 Å². The minimum atomic E-state index is -0.122. The maximum Gasteiger partial charge on any atom is 0.242 e. The summed E-state index contributed by atoms with van der Waals surface area (Å²) < 4.78 is 6.22. The molecule has 0 spiro atoms. The van der Waals surface area contributed by atoms with Crippen molar-refractivity contribution < 1.29 is 14.3 Å². The predicted molar refractivity (Wildman–Crippen MR) is 123 cm³/mol. The lowest BCUT2D eigenvalue weighted by Crippen LogP contribution is -2.48. The molecule has 1 aromatic heterocycles. The fraction of sp³-hybridized carbons (Fsp3) is 0.520. The van der Waals surface area contributed by atoms with Crippen LogP contribution >= 0.6 is 11.3 Å². The molecule has 1 aliphatic carbocycles. The zero-order valence-corrected chi connectivity index (χ0v) is 19.5. The summed E-state index contributed by atoms with van der Waals surface area (Å²) in [6, 6.07) is 8.16. The quantitative estimate of drug-likeness (QED) is 0.606. The Morgan fingerprint density at radius 1 is 1.23 bits per heavy atom. The molecule has 2 aromatic rings. The number of rotatable bonds is 8. The molecular formula is C25H32N2O3S. The van der Waals surface area contributed by atoms with E-state index in [0.29, 0.717) is 19.7 Å². The van der Waals surface area contributed by atoms with Gasteiger partial charge in [0.15, 0.2) is 0 Å². The van der Waals surface area contributed by atoms with E-state index in [4.69, 9.17) is 4.74 Å². The molecule has 0 saturated heterocycles. The third-order valence-corrected chi connectivity index (χ3v) is 7.20. The Hall–Kier alpha value is -2.34. The number of benzene rings is 1. The molecule has 1 aliphatic heterocycles. The van der Waals surface area contributed by atoms with Crippen LogP contribution in [0.15, 0.2) is 29.6 Å². The van der Waals surface area contributed by atoms with Crippen molar-refractivity contribution in [1.82, 2.24) is 9.80 Å². The van der Waals surface area contributed by atoms with E-state index in [1.165, 1.54) is 16.0 Å². The summed E-state index contributed by atoms with van der Waals surface area (Å²) in [5, 5.41) is 2.10. The number of aryl methyl sites for hydroxylation is 2. The standard InChI is InChI=1S/C25H32N2O3S/c1-4-11-26(25(29)19-6-7-19)15-24(28)27-12-9-23-20(10-13-31-23)21(27)16-30-22-8-5-17(2)14-18(22)3/h5,8,10,13-14,19,21H,4,6-7,9,11-12,15-16H2,1-3H3/t21-/m0/s1. The van der Waals surface area contributed by atoms with Crippen LogP contribution in [-0.2, 0) is 16.0 Å². The summed E-state index contributed by atoms with van der Waals surface area (Å²) in [6.45, 7) is 8.07. The highest BCUT2D eigenvalue weighted by Crippen LogP contribution is 2.35. The van der Waals surface area contributed by atoms with Gasteiger partial charge in [0.1, 0.15) is 12.4 Å². The third-order valence-electron chi connectivity index (χ3n) is 6.20. The number of carbonyl (C=O) groups is 2. The van der Waals surface area contributed by atoms with Gasteiger partial charge in [0.25, 0.3) is 0 Å². The van der Waals surface area contributed by atoms with Gasteiger partial charge in [0, 0.05) is 23.9 Å². The molecule has 1 aromatic carbocycles. The van der Waals surface area contributed by atoms with Crippen LogP contribution in [0.4, 0.5) is 0 Å². The number of fused-ring (bicyclic) bond motifs is 1. The summed E-state index contributed by atoms with van der Waals surface area (Å²) in [4.78, 5) is 31.1. The monoisotopic (exact) mass is 440 g/mol. The van der Waals surface area contributed by atoms with Crippen LogP contribution in [0.3, 0.4) is 0 Å². The molecule has 1 fully saturated rings. The first-order valence-electron chi connectivity index (χ1n) is 11.3. The lowest BCUT2D eigenvalue weighted by Gasteiger charge is -2.37. The van der Waals surface area contributed by atoms with Crippen molar-refractivity contribution in [3.05, 3.63) is 51.2 Å². The summed E-state index contributed by atoms with van der Waals surface area (Å²) >= 11 is 1.75. The van der Waals surface area contributed by atoms with Crippen molar-refractivity contribution in [2.24, 2.45) is 5.92 Å². The predicted octanol–water partition coefficient (Wildman–Crippen LogP) is 4.52. The second kappa shape index (κ2) is 9.43. The van der Waals surface area contributed by atoms with Gasteiger partial charge < -0.3 is 14.5 Å². The Balaban J connectivity index is 1.50. The lowest BCUT2D eigenvalue weighted by molar-refractivity contribution is -0.143. The Bertz CT molecular complexity index is 950. The molecule has 166 valence electrons. The highest BCUT2D eigenvalue weighted by molar-refractivity contribution is 7.10. The summed E-state index contributed by atoms with van der Waals surface area (Å²) in [7, 11) is 0. The van der Waals surface area contributed by atoms with Crippen LogP contribution in [-0.4, -0.2) is 47.9 Å². The smallest absolute Gasteiger partial charge is 0.242 e. The van der Waals surface area contributed by atoms with Gasteiger partial charge in [-0.3, -0.25) is 9.59 Å². The summed E-state index contributed by atoms with van der Waals surface area (Å²) in [5.41, 5.74) is 3.49. The van der Waals surface area contributed by atoms with E-state index in [1.807, 2.05) is 24.0 Å². The molecule has 5 nitrogen and oxygen atoms in total. The minimum absolute atomic E-state index is 0.0218. The van der Waals surface area contributed by atoms with Crippen molar-refractivity contribution in [1.29, 1.82) is 0 Å². The van der Waals surface area contributed by atoms with Crippen molar-refractivity contribution >= 4 is 23.2 Å². The van der Waals surface area contributed by atoms with Crippen LogP contribution in [0.2, 0.25) is 0 Å². The molecule has 1 saturated carbocycles. The summed E-state index contributed by atoms with van der Waals surface area (Å²) in [5.74, 6) is 1.16. The van der Waals surface area contributed by atoms with Gasteiger partial charge in [0.05, 0.1) is 12.6 Å². The van der Waals surface area contributed by atoms with Crippen LogP contribution in [0.5, 0.6) is 5.75 Å². The molecule has 0 N–H and O–H groups in total. The molecule has 1 atom stereocenters. The Morgan fingerprint density at radius 2 is 2.03 bits per heavy atom. The Morgan fingerprint density at radius 3 is 2.74 bits per heavy atom. The highest BCUT2D eigenvalue weighted by atomic mass is 32.1. The Kier molecular flexibility index (Phi) is 6.65. The maximum atomic E-state index is 13.4. The van der Waals surface area contributed by atoms with Crippen LogP contribution in [0.1, 0.15) is 53.8 Å². The average molecular weight is 441 g/mol. The van der Waals surface area contributed by atoms with E-state index in [0.717, 1.165) is 37.0 Å². The van der Waals surface area contributed by atoms with Gasteiger partial charge in [-0.25, -0.2) is 0 Å². The van der Waals surface area contributed by atoms with Gasteiger partial charge in [-0.1, -0.05) is 24.6 Å². The number of hydrogen-bond donors (Lipinski definition) is 0. The first kappa shape index (κ1) is 21.9. The molecule has 2 heterocycles. The van der Waals surface area contributed by atoms with Gasteiger partial charge >= 0.3 is 0 Å². The summed E-state index contributed by atoms with van der Waals surface area (Å²) in [6.07, 6.45) is 3.64. The minimum Gasteiger partial charge on any atom is -0.491 e. The van der Waals surface area contributed by atoms with Gasteiger partial charge in [-0.15, -0.1) is 11.3 Å². The van der Waals surface area contributed by atoms with Crippen LogP contribution in [0.25, 0.3) is 0 Å². The second-order valence-electron chi connectivity index (χ2n) is 8.77. The first-order chi connectivity index (χ1) is 15.0. The van der Waals surface area contributed by atoms with Gasteiger partial charge in [0.2, 0.25) is 11.8 Å². The van der Waals surface area contributed by atoms with Crippen LogP contribution in [0, 0.1) is 19.8 Å². The largest absolute Gasteiger partial charge is 0.491 e. The fourth-order valence-corrected chi connectivity index (χ4v) is 5.31. The van der Waals surface area contributed by atoms with Crippen molar-refractivity contribution in [3.63, 3.8) is 0 Å². The number of hydrogen-bond acceptors (Lipinski definition) is 4. The molecule has 0 unspecified atom stereocenters. The molecule has 0 radical (unpaired) electrons. The number of thiophene rings is 1. The topological polar surface area (TPSA) is 49.9 Å². The van der Waals surface area contributed by atoms with Crippen molar-refractivity contribution in [2.75, 3.05) is 26.2 Å². The van der Waals surface area contributed by atoms with E-state index < -0.39 is 0 Å². The van der Waals surface area contributed by atoms with E-state index in [1.54, 1.807) is 16.2 Å². The molecule has 2 aliphatic rings. The van der Waals surface area contributed by atoms with Crippen molar-refractivity contribution in [3.8, 4) is 5.75 Å². The van der Waals surface area contributed by atoms with Gasteiger partial charge in [-0.2, -0.15) is 0 Å². The molecule has 31 heavy (non-hydrogen) atoms. The second-order valence-corrected chi connectivity index (χ2v) is 9.77. The third kappa shape index (κ3) is 4.95. The normalized spacial score (nSPS) is 17.9. The van der Waals surface area contributed by atoms with Crippen LogP contribution < -0.4 is 4.74 Å². The number of ether oxygens (including phenoxy) is 1. The molecule has 4 rings (SSSR count). The molecule has 2 amide bonds. The number of amides is 2. The van der Waals surface area contributed by atoms with E-state index in [-0.39, 0.29) is 30.3 Å². The number of carbonyl (C=O) groups excluding carboxylic acids is 2. The SMILES string of the molecule is CCCN(CC(=O)N1CCc2sccc2[C@@H]1COc1ccc(C)cc1C)C(=O)C1CC1. The Labute approximate surface area is 189 Å².